The first-order valence-corrected chi connectivity index (χ1v) is 15.1. The van der Waals surface area contributed by atoms with Gasteiger partial charge in [0.25, 0.3) is 10.0 Å². The van der Waals surface area contributed by atoms with Gasteiger partial charge in [0.1, 0.15) is 12.6 Å². The first-order valence-electron chi connectivity index (χ1n) is 12.9. The minimum Gasteiger partial charge on any atom is -0.354 e. The van der Waals surface area contributed by atoms with Crippen molar-refractivity contribution < 1.29 is 18.0 Å². The first kappa shape index (κ1) is 30.4. The normalized spacial score (nSPS) is 12.1. The van der Waals surface area contributed by atoms with Crippen LogP contribution in [0.1, 0.15) is 42.5 Å². The minimum atomic E-state index is -4.09. The summed E-state index contributed by atoms with van der Waals surface area (Å²) >= 11 is 3.46. The fourth-order valence-corrected chi connectivity index (χ4v) is 6.12. The van der Waals surface area contributed by atoms with Gasteiger partial charge in [0, 0.05) is 17.6 Å². The highest BCUT2D eigenvalue weighted by Gasteiger charge is 2.32. The Morgan fingerprint density at radius 1 is 0.923 bits per heavy atom. The van der Waals surface area contributed by atoms with Gasteiger partial charge in [-0.2, -0.15) is 0 Å². The number of nitrogens with one attached hydrogen (secondary N) is 1. The zero-order valence-electron chi connectivity index (χ0n) is 23.1. The standard InChI is InChI=1S/C30H36BrN3O4S/c1-6-14-32-30(36)24(5)33(19-25-8-7-9-26(31)18-25)29(35)20-34(27-16-22(3)15-23(4)17-27)39(37,38)28-12-10-21(2)11-13-28/h7-13,15-18,24H,6,14,19-20H2,1-5H3,(H,32,36)/t24-/m0/s1. The smallest absolute Gasteiger partial charge is 0.264 e. The van der Waals surface area contributed by atoms with Crippen molar-refractivity contribution in [3.8, 4) is 0 Å². The highest BCUT2D eigenvalue weighted by atomic mass is 79.9. The van der Waals surface area contributed by atoms with Crippen LogP contribution < -0.4 is 9.62 Å². The van der Waals surface area contributed by atoms with E-state index in [0.717, 1.165) is 37.5 Å². The van der Waals surface area contributed by atoms with Crippen LogP contribution in [0.25, 0.3) is 0 Å². The van der Waals surface area contributed by atoms with Crippen molar-refractivity contribution in [1.82, 2.24) is 10.2 Å². The molecule has 1 atom stereocenters. The van der Waals surface area contributed by atoms with Crippen molar-refractivity contribution in [2.75, 3.05) is 17.4 Å². The topological polar surface area (TPSA) is 86.8 Å². The third-order valence-electron chi connectivity index (χ3n) is 6.34. The maximum Gasteiger partial charge on any atom is 0.264 e. The number of halogens is 1. The number of rotatable bonds is 11. The van der Waals surface area contributed by atoms with Gasteiger partial charge in [0.15, 0.2) is 0 Å². The van der Waals surface area contributed by atoms with Crippen LogP contribution in [-0.4, -0.2) is 44.3 Å². The Hall–Kier alpha value is -3.17. The molecule has 0 aliphatic carbocycles. The summed E-state index contributed by atoms with van der Waals surface area (Å²) in [5.74, 6) is -0.775. The molecule has 0 aromatic heterocycles. The number of anilines is 1. The van der Waals surface area contributed by atoms with Crippen molar-refractivity contribution >= 4 is 43.5 Å². The van der Waals surface area contributed by atoms with Crippen LogP contribution in [0.3, 0.4) is 0 Å². The summed E-state index contributed by atoms with van der Waals surface area (Å²) in [5, 5.41) is 2.85. The van der Waals surface area contributed by atoms with Crippen molar-refractivity contribution in [2.45, 2.75) is 58.5 Å². The lowest BCUT2D eigenvalue weighted by Crippen LogP contribution is -2.51. The fourth-order valence-electron chi connectivity index (χ4n) is 4.27. The van der Waals surface area contributed by atoms with Gasteiger partial charge in [-0.1, -0.05) is 58.7 Å². The summed E-state index contributed by atoms with van der Waals surface area (Å²) in [6.45, 7) is 9.43. The van der Waals surface area contributed by atoms with Crippen LogP contribution >= 0.6 is 15.9 Å². The highest BCUT2D eigenvalue weighted by molar-refractivity contribution is 9.10. The molecule has 9 heteroatoms. The zero-order chi connectivity index (χ0) is 28.7. The molecular weight excluding hydrogens is 578 g/mol. The SMILES string of the molecule is CCCNC(=O)[C@H](C)N(Cc1cccc(Br)c1)C(=O)CN(c1cc(C)cc(C)c1)S(=O)(=O)c1ccc(C)cc1. The van der Waals surface area contributed by atoms with Gasteiger partial charge < -0.3 is 10.2 Å². The van der Waals surface area contributed by atoms with Crippen LogP contribution in [0.5, 0.6) is 0 Å². The lowest BCUT2D eigenvalue weighted by molar-refractivity contribution is -0.139. The summed E-state index contributed by atoms with van der Waals surface area (Å²) in [6, 6.07) is 18.7. The molecule has 3 aromatic rings. The van der Waals surface area contributed by atoms with Gasteiger partial charge in [-0.05, 0) is 87.2 Å². The largest absolute Gasteiger partial charge is 0.354 e. The molecule has 7 nitrogen and oxygen atoms in total. The molecule has 0 saturated carbocycles. The van der Waals surface area contributed by atoms with Crippen molar-refractivity contribution in [2.24, 2.45) is 0 Å². The van der Waals surface area contributed by atoms with Crippen molar-refractivity contribution in [1.29, 1.82) is 0 Å². The quantitative estimate of drug-likeness (QED) is 0.309. The second-order valence-corrected chi connectivity index (χ2v) is 12.6. The molecule has 2 amide bonds. The van der Waals surface area contributed by atoms with Gasteiger partial charge in [0.2, 0.25) is 11.8 Å². The van der Waals surface area contributed by atoms with Crippen LogP contribution in [0.2, 0.25) is 0 Å². The fraction of sp³-hybridized carbons (Fsp3) is 0.333. The number of amides is 2. The second-order valence-electron chi connectivity index (χ2n) is 9.79. The lowest BCUT2D eigenvalue weighted by atomic mass is 10.1. The first-order chi connectivity index (χ1) is 18.4. The summed E-state index contributed by atoms with van der Waals surface area (Å²) in [6.07, 6.45) is 0.757. The van der Waals surface area contributed by atoms with Crippen LogP contribution in [0, 0.1) is 20.8 Å². The molecule has 3 rings (SSSR count). The van der Waals surface area contributed by atoms with Gasteiger partial charge in [0.05, 0.1) is 10.6 Å². The molecular formula is C30H36BrN3O4S. The van der Waals surface area contributed by atoms with E-state index in [2.05, 4.69) is 21.2 Å². The molecule has 0 heterocycles. The maximum atomic E-state index is 14.0. The molecule has 0 radical (unpaired) electrons. The van der Waals surface area contributed by atoms with E-state index in [9.17, 15) is 18.0 Å². The summed E-state index contributed by atoms with van der Waals surface area (Å²) in [7, 11) is -4.09. The Morgan fingerprint density at radius 2 is 1.56 bits per heavy atom. The number of sulfonamides is 1. The second kappa shape index (κ2) is 13.3. The third-order valence-corrected chi connectivity index (χ3v) is 8.62. The highest BCUT2D eigenvalue weighted by Crippen LogP contribution is 2.27. The average Bonchev–Trinajstić information content (AvgIpc) is 2.88. The van der Waals surface area contributed by atoms with E-state index in [1.807, 2.05) is 58.0 Å². The molecule has 208 valence electrons. The zero-order valence-corrected chi connectivity index (χ0v) is 25.5. The predicted octanol–water partition coefficient (Wildman–Crippen LogP) is 5.51. The van der Waals surface area contributed by atoms with E-state index in [4.69, 9.17) is 0 Å². The van der Waals surface area contributed by atoms with E-state index in [-0.39, 0.29) is 17.3 Å². The minimum absolute atomic E-state index is 0.0901. The van der Waals surface area contributed by atoms with Crippen molar-refractivity contribution in [3.63, 3.8) is 0 Å². The predicted molar refractivity (Wildman–Crippen MR) is 159 cm³/mol. The summed E-state index contributed by atoms with van der Waals surface area (Å²) in [4.78, 5) is 28.4. The van der Waals surface area contributed by atoms with Gasteiger partial charge >= 0.3 is 0 Å². The Balaban J connectivity index is 2.05. The maximum absolute atomic E-state index is 14.0. The Morgan fingerprint density at radius 3 is 2.15 bits per heavy atom. The number of benzene rings is 3. The Bertz CT molecular complexity index is 1400. The van der Waals surface area contributed by atoms with E-state index in [1.165, 1.54) is 4.90 Å². The molecule has 0 aliphatic heterocycles. The number of nitrogens with zero attached hydrogens (tertiary/aromatic N) is 2. The van der Waals surface area contributed by atoms with Crippen molar-refractivity contribution in [3.05, 3.63) is 93.5 Å². The number of aryl methyl sites for hydroxylation is 3. The average molecular weight is 615 g/mol. The van der Waals surface area contributed by atoms with Gasteiger partial charge in [-0.3, -0.25) is 13.9 Å². The molecule has 39 heavy (non-hydrogen) atoms. The van der Waals surface area contributed by atoms with E-state index < -0.39 is 28.5 Å². The molecule has 1 N–H and O–H groups in total. The van der Waals surface area contributed by atoms with Crippen LogP contribution in [0.4, 0.5) is 5.69 Å². The third kappa shape index (κ3) is 7.92. The van der Waals surface area contributed by atoms with Gasteiger partial charge in [-0.25, -0.2) is 8.42 Å². The van der Waals surface area contributed by atoms with Crippen LogP contribution in [0.15, 0.2) is 76.1 Å². The van der Waals surface area contributed by atoms with E-state index in [1.54, 1.807) is 43.3 Å². The van der Waals surface area contributed by atoms with E-state index in [0.29, 0.717) is 12.2 Å². The molecule has 3 aromatic carbocycles. The number of hydrogen-bond acceptors (Lipinski definition) is 4. The molecule has 0 saturated heterocycles. The molecule has 0 spiro atoms. The Labute approximate surface area is 240 Å². The monoisotopic (exact) mass is 613 g/mol. The lowest BCUT2D eigenvalue weighted by Gasteiger charge is -2.32. The van der Waals surface area contributed by atoms with Gasteiger partial charge in [-0.15, -0.1) is 0 Å². The number of carbonyl (C=O) groups is 2. The molecule has 0 bridgehead atoms. The van der Waals surface area contributed by atoms with E-state index >= 15 is 0 Å². The van der Waals surface area contributed by atoms with Crippen LogP contribution in [-0.2, 0) is 26.2 Å². The summed E-state index contributed by atoms with van der Waals surface area (Å²) < 4.78 is 29.9. The Kier molecular flexibility index (Phi) is 10.3. The molecule has 0 unspecified atom stereocenters. The number of hydrogen-bond donors (Lipinski definition) is 1. The summed E-state index contributed by atoms with van der Waals surface area (Å²) in [5.41, 5.74) is 3.88. The molecule has 0 fully saturated rings. The molecule has 0 aliphatic rings. The number of carbonyl (C=O) groups excluding carboxylic acids is 2.